The minimum atomic E-state index is -0.850. The molecular weight excluding hydrogens is 420 g/mol. The van der Waals surface area contributed by atoms with Crippen LogP contribution in [0.25, 0.3) is 0 Å². The van der Waals surface area contributed by atoms with Gasteiger partial charge in [0.05, 0.1) is 6.21 Å². The average molecular weight is 445 g/mol. The second-order valence-electron chi connectivity index (χ2n) is 7.18. The number of amides is 3. The van der Waals surface area contributed by atoms with E-state index >= 15 is 0 Å². The van der Waals surface area contributed by atoms with Crippen LogP contribution in [0.4, 0.5) is 5.69 Å². The lowest BCUT2D eigenvalue weighted by Crippen LogP contribution is -2.39. The Morgan fingerprint density at radius 1 is 1.13 bits per heavy atom. The van der Waals surface area contributed by atoms with Gasteiger partial charge in [-0.25, -0.2) is 5.43 Å². The average Bonchev–Trinajstić information content (AvgIpc) is 2.73. The zero-order valence-electron chi connectivity index (χ0n) is 17.6. The first kappa shape index (κ1) is 23.9. The molecule has 31 heavy (non-hydrogen) atoms. The first-order chi connectivity index (χ1) is 14.7. The van der Waals surface area contributed by atoms with Crippen molar-refractivity contribution in [2.45, 2.75) is 20.8 Å². The molecule has 2 aromatic carbocycles. The quantitative estimate of drug-likeness (QED) is 0.330. The molecule has 3 N–H and O–H groups in total. The fraction of sp³-hybridized carbons (Fsp3) is 0.273. The molecule has 2 rings (SSSR count). The smallest absolute Gasteiger partial charge is 0.329 e. The maximum absolute atomic E-state index is 12.1. The molecule has 0 atom stereocenters. The molecule has 0 spiro atoms. The second-order valence-corrected chi connectivity index (χ2v) is 7.58. The first-order valence-electron chi connectivity index (χ1n) is 9.64. The van der Waals surface area contributed by atoms with E-state index in [1.165, 1.54) is 6.21 Å². The summed E-state index contributed by atoms with van der Waals surface area (Å²) in [6.07, 6.45) is 1.37. The van der Waals surface area contributed by atoms with Crippen LogP contribution >= 0.6 is 11.6 Å². The van der Waals surface area contributed by atoms with Gasteiger partial charge in [0.15, 0.2) is 6.61 Å². The van der Waals surface area contributed by atoms with Crippen molar-refractivity contribution >= 4 is 41.2 Å². The number of ether oxygens (including phenoxy) is 1. The molecule has 0 saturated carbocycles. The maximum Gasteiger partial charge on any atom is 0.329 e. The molecule has 3 amide bonds. The summed E-state index contributed by atoms with van der Waals surface area (Å²) in [6.45, 7) is 5.93. The fourth-order valence-corrected chi connectivity index (χ4v) is 2.48. The summed E-state index contributed by atoms with van der Waals surface area (Å²) in [5, 5.41) is 9.54. The van der Waals surface area contributed by atoms with Crippen LogP contribution in [0.1, 0.15) is 25.0 Å². The van der Waals surface area contributed by atoms with E-state index in [9.17, 15) is 14.4 Å². The number of hydrazone groups is 1. The molecule has 0 radical (unpaired) electrons. The fourth-order valence-electron chi connectivity index (χ4n) is 2.29. The highest BCUT2D eigenvalue weighted by molar-refractivity contribution is 6.35. The predicted octanol–water partition coefficient (Wildman–Crippen LogP) is 2.89. The van der Waals surface area contributed by atoms with Gasteiger partial charge in [-0.3, -0.25) is 14.4 Å². The summed E-state index contributed by atoms with van der Waals surface area (Å²) < 4.78 is 5.50. The second kappa shape index (κ2) is 11.7. The van der Waals surface area contributed by atoms with E-state index in [1.807, 2.05) is 26.8 Å². The molecule has 2 aromatic rings. The van der Waals surface area contributed by atoms with Crippen LogP contribution in [0.3, 0.4) is 0 Å². The Morgan fingerprint density at radius 3 is 2.61 bits per heavy atom. The van der Waals surface area contributed by atoms with Crippen molar-refractivity contribution in [1.29, 1.82) is 0 Å². The van der Waals surface area contributed by atoms with Crippen LogP contribution in [0.5, 0.6) is 5.75 Å². The summed E-state index contributed by atoms with van der Waals surface area (Å²) in [5.74, 6) is -1.25. The standard InChI is InChI=1S/C22H25ClN4O4/c1-14(2)11-24-21(29)22(30)27-25-12-16-5-4-6-18(9-16)31-13-20(28)26-17-8-7-15(3)19(23)10-17/h4-10,12,14H,11,13H2,1-3H3,(H,24,29)(H,26,28)(H,27,30)/b25-12-. The third-order valence-electron chi connectivity index (χ3n) is 3.94. The van der Waals surface area contributed by atoms with Crippen LogP contribution < -0.4 is 20.8 Å². The van der Waals surface area contributed by atoms with Crippen molar-refractivity contribution in [2.24, 2.45) is 11.0 Å². The Morgan fingerprint density at radius 2 is 1.90 bits per heavy atom. The topological polar surface area (TPSA) is 109 Å². The van der Waals surface area contributed by atoms with E-state index in [-0.39, 0.29) is 18.4 Å². The predicted molar refractivity (Wildman–Crippen MR) is 120 cm³/mol. The van der Waals surface area contributed by atoms with Crippen LogP contribution in [0, 0.1) is 12.8 Å². The molecule has 164 valence electrons. The van der Waals surface area contributed by atoms with Gasteiger partial charge in [0, 0.05) is 17.3 Å². The number of rotatable bonds is 8. The number of hydrogen-bond donors (Lipinski definition) is 3. The third kappa shape index (κ3) is 8.47. The van der Waals surface area contributed by atoms with Gasteiger partial charge in [-0.05, 0) is 48.2 Å². The minimum Gasteiger partial charge on any atom is -0.484 e. The Bertz CT molecular complexity index is 976. The van der Waals surface area contributed by atoms with Gasteiger partial charge in [0.25, 0.3) is 5.91 Å². The van der Waals surface area contributed by atoms with E-state index in [0.29, 0.717) is 28.6 Å². The molecule has 0 saturated heterocycles. The number of benzene rings is 2. The van der Waals surface area contributed by atoms with Crippen molar-refractivity contribution in [2.75, 3.05) is 18.5 Å². The molecule has 0 aliphatic carbocycles. The number of nitrogens with zero attached hydrogens (tertiary/aromatic N) is 1. The van der Waals surface area contributed by atoms with Gasteiger partial charge in [-0.2, -0.15) is 5.10 Å². The number of hydrogen-bond acceptors (Lipinski definition) is 5. The zero-order valence-corrected chi connectivity index (χ0v) is 18.3. The highest BCUT2D eigenvalue weighted by Gasteiger charge is 2.12. The lowest BCUT2D eigenvalue weighted by atomic mass is 10.2. The SMILES string of the molecule is Cc1ccc(NC(=O)COc2cccc(/C=N\NC(=O)C(=O)NCC(C)C)c2)cc1Cl. The van der Waals surface area contributed by atoms with E-state index in [2.05, 4.69) is 21.2 Å². The Hall–Kier alpha value is -3.39. The Labute approximate surface area is 186 Å². The molecule has 0 aliphatic rings. The number of carbonyl (C=O) groups excluding carboxylic acids is 3. The summed E-state index contributed by atoms with van der Waals surface area (Å²) >= 11 is 6.05. The van der Waals surface area contributed by atoms with E-state index in [4.69, 9.17) is 16.3 Å². The number of anilines is 1. The van der Waals surface area contributed by atoms with Crippen LogP contribution in [0.2, 0.25) is 5.02 Å². The van der Waals surface area contributed by atoms with E-state index in [1.54, 1.807) is 36.4 Å². The molecule has 9 heteroatoms. The van der Waals surface area contributed by atoms with Gasteiger partial charge >= 0.3 is 11.8 Å². The summed E-state index contributed by atoms with van der Waals surface area (Å²) in [6, 6.07) is 12.0. The molecular formula is C22H25ClN4O4. The summed E-state index contributed by atoms with van der Waals surface area (Å²) in [7, 11) is 0. The maximum atomic E-state index is 12.1. The zero-order chi connectivity index (χ0) is 22.8. The number of aryl methyl sites for hydroxylation is 1. The van der Waals surface area contributed by atoms with E-state index in [0.717, 1.165) is 5.56 Å². The molecule has 0 fully saturated rings. The highest BCUT2D eigenvalue weighted by atomic mass is 35.5. The Balaban J connectivity index is 1.83. The molecule has 0 aromatic heterocycles. The lowest BCUT2D eigenvalue weighted by Gasteiger charge is -2.09. The van der Waals surface area contributed by atoms with Gasteiger partial charge in [0.1, 0.15) is 5.75 Å². The lowest BCUT2D eigenvalue weighted by molar-refractivity contribution is -0.139. The van der Waals surface area contributed by atoms with Crippen molar-refractivity contribution < 1.29 is 19.1 Å². The first-order valence-corrected chi connectivity index (χ1v) is 10.0. The van der Waals surface area contributed by atoms with Gasteiger partial charge in [-0.1, -0.05) is 43.6 Å². The molecule has 0 bridgehead atoms. The minimum absolute atomic E-state index is 0.196. The van der Waals surface area contributed by atoms with Crippen LogP contribution in [-0.2, 0) is 14.4 Å². The van der Waals surface area contributed by atoms with Crippen molar-refractivity contribution in [3.05, 3.63) is 58.6 Å². The molecule has 0 aliphatic heterocycles. The van der Waals surface area contributed by atoms with Crippen molar-refractivity contribution in [3.63, 3.8) is 0 Å². The van der Waals surface area contributed by atoms with Gasteiger partial charge in [-0.15, -0.1) is 0 Å². The van der Waals surface area contributed by atoms with Crippen LogP contribution in [0.15, 0.2) is 47.6 Å². The van der Waals surface area contributed by atoms with Crippen LogP contribution in [-0.4, -0.2) is 37.1 Å². The molecule has 0 heterocycles. The van der Waals surface area contributed by atoms with Crippen molar-refractivity contribution in [1.82, 2.24) is 10.7 Å². The Kier molecular flexibility index (Phi) is 9.02. The summed E-state index contributed by atoms with van der Waals surface area (Å²) in [4.78, 5) is 35.3. The normalized spacial score (nSPS) is 10.7. The third-order valence-corrected chi connectivity index (χ3v) is 4.35. The number of carbonyl (C=O) groups is 3. The largest absolute Gasteiger partial charge is 0.484 e. The summed E-state index contributed by atoms with van der Waals surface area (Å²) in [5.41, 5.74) is 4.28. The molecule has 0 unspecified atom stereocenters. The van der Waals surface area contributed by atoms with E-state index < -0.39 is 11.8 Å². The number of nitrogens with one attached hydrogen (secondary N) is 3. The number of halogens is 1. The van der Waals surface area contributed by atoms with Crippen molar-refractivity contribution in [3.8, 4) is 5.75 Å². The molecule has 8 nitrogen and oxygen atoms in total. The van der Waals surface area contributed by atoms with Gasteiger partial charge in [0.2, 0.25) is 0 Å². The highest BCUT2D eigenvalue weighted by Crippen LogP contribution is 2.20. The van der Waals surface area contributed by atoms with Gasteiger partial charge < -0.3 is 15.4 Å². The monoisotopic (exact) mass is 444 g/mol.